The normalized spacial score (nSPS) is 10.8. The minimum atomic E-state index is 0.559. The van der Waals surface area contributed by atoms with Gasteiger partial charge in [0, 0.05) is 39.9 Å². The molecule has 0 atom stereocenters. The molecule has 0 aromatic heterocycles. The zero-order chi connectivity index (χ0) is 15.2. The van der Waals surface area contributed by atoms with E-state index in [4.69, 9.17) is 24.7 Å². The third-order valence-corrected chi connectivity index (χ3v) is 2.87. The van der Waals surface area contributed by atoms with E-state index in [1.54, 1.807) is 7.11 Å². The third kappa shape index (κ3) is 9.42. The second-order valence-corrected chi connectivity index (χ2v) is 4.62. The molecule has 0 radical (unpaired) electrons. The molecule has 5 heteroatoms. The lowest BCUT2D eigenvalue weighted by molar-refractivity contribution is 0.0496. The highest BCUT2D eigenvalue weighted by atomic mass is 16.5. The van der Waals surface area contributed by atoms with Crippen LogP contribution in [-0.2, 0) is 20.8 Å². The van der Waals surface area contributed by atoms with Crippen molar-refractivity contribution in [3.8, 4) is 5.75 Å². The summed E-state index contributed by atoms with van der Waals surface area (Å²) in [6.07, 6.45) is 1.79. The Labute approximate surface area is 127 Å². The quantitative estimate of drug-likeness (QED) is 0.564. The van der Waals surface area contributed by atoms with Gasteiger partial charge in [-0.25, -0.2) is 0 Å². The molecule has 0 aliphatic heterocycles. The Balaban J connectivity index is 1.88. The fraction of sp³-hybridized carbons (Fsp3) is 0.625. The SMILES string of the molecule is COCCOCCCOCCCOc1ccc(CN)cc1. The van der Waals surface area contributed by atoms with Crippen LogP contribution in [0.3, 0.4) is 0 Å². The Bertz CT molecular complexity index is 343. The fourth-order valence-corrected chi connectivity index (χ4v) is 1.68. The summed E-state index contributed by atoms with van der Waals surface area (Å²) >= 11 is 0. The molecule has 0 aliphatic rings. The van der Waals surface area contributed by atoms with Crippen LogP contribution in [0.1, 0.15) is 18.4 Å². The predicted octanol–water partition coefficient (Wildman–Crippen LogP) is 1.98. The van der Waals surface area contributed by atoms with Crippen molar-refractivity contribution < 1.29 is 18.9 Å². The zero-order valence-corrected chi connectivity index (χ0v) is 12.9. The smallest absolute Gasteiger partial charge is 0.119 e. The zero-order valence-electron chi connectivity index (χ0n) is 12.9. The molecule has 0 unspecified atom stereocenters. The molecule has 120 valence electrons. The van der Waals surface area contributed by atoms with Crippen LogP contribution in [0.25, 0.3) is 0 Å². The van der Waals surface area contributed by atoms with E-state index in [-0.39, 0.29) is 0 Å². The van der Waals surface area contributed by atoms with E-state index in [1.807, 2.05) is 24.3 Å². The minimum Gasteiger partial charge on any atom is -0.494 e. The summed E-state index contributed by atoms with van der Waals surface area (Å²) < 4.78 is 21.4. The monoisotopic (exact) mass is 297 g/mol. The molecule has 0 saturated heterocycles. The van der Waals surface area contributed by atoms with Gasteiger partial charge in [-0.3, -0.25) is 0 Å². The van der Waals surface area contributed by atoms with Crippen molar-refractivity contribution >= 4 is 0 Å². The highest BCUT2D eigenvalue weighted by Gasteiger charge is 1.95. The van der Waals surface area contributed by atoms with Crippen LogP contribution in [0.2, 0.25) is 0 Å². The molecule has 0 bridgehead atoms. The Morgan fingerprint density at radius 3 is 2.05 bits per heavy atom. The van der Waals surface area contributed by atoms with E-state index in [1.165, 1.54) is 0 Å². The number of hydrogen-bond acceptors (Lipinski definition) is 5. The lowest BCUT2D eigenvalue weighted by atomic mass is 10.2. The summed E-state index contributed by atoms with van der Waals surface area (Å²) in [5.74, 6) is 0.874. The van der Waals surface area contributed by atoms with Crippen molar-refractivity contribution in [3.05, 3.63) is 29.8 Å². The largest absolute Gasteiger partial charge is 0.494 e. The number of ether oxygens (including phenoxy) is 4. The predicted molar refractivity (Wildman–Crippen MR) is 82.6 cm³/mol. The molecule has 1 aromatic carbocycles. The van der Waals surface area contributed by atoms with E-state index in [9.17, 15) is 0 Å². The number of hydrogen-bond donors (Lipinski definition) is 1. The van der Waals surface area contributed by atoms with Crippen LogP contribution < -0.4 is 10.5 Å². The third-order valence-electron chi connectivity index (χ3n) is 2.87. The molecule has 0 fully saturated rings. The van der Waals surface area contributed by atoms with E-state index in [2.05, 4.69) is 0 Å². The Hall–Kier alpha value is -1.14. The maximum Gasteiger partial charge on any atom is 0.119 e. The van der Waals surface area contributed by atoms with E-state index in [0.29, 0.717) is 39.6 Å². The molecule has 0 amide bonds. The number of benzene rings is 1. The molecule has 0 saturated carbocycles. The molecule has 2 N–H and O–H groups in total. The number of nitrogens with two attached hydrogens (primary N) is 1. The standard InChI is InChI=1S/C16H27NO4/c1-18-12-13-20-9-2-8-19-10-3-11-21-16-6-4-15(14-17)5-7-16/h4-7H,2-3,8-14,17H2,1H3. The Morgan fingerprint density at radius 1 is 0.810 bits per heavy atom. The maximum absolute atomic E-state index is 5.62. The summed E-state index contributed by atoms with van der Waals surface area (Å²) in [4.78, 5) is 0. The van der Waals surface area contributed by atoms with Crippen molar-refractivity contribution in [3.63, 3.8) is 0 Å². The fourth-order valence-electron chi connectivity index (χ4n) is 1.68. The lowest BCUT2D eigenvalue weighted by Crippen LogP contribution is -2.07. The van der Waals surface area contributed by atoms with Gasteiger partial charge in [0.1, 0.15) is 5.75 Å². The second kappa shape index (κ2) is 12.6. The maximum atomic E-state index is 5.62. The van der Waals surface area contributed by atoms with Crippen LogP contribution in [0, 0.1) is 0 Å². The van der Waals surface area contributed by atoms with Crippen molar-refractivity contribution in [1.82, 2.24) is 0 Å². The van der Waals surface area contributed by atoms with Crippen molar-refractivity contribution in [2.75, 3.05) is 46.8 Å². The van der Waals surface area contributed by atoms with E-state index in [0.717, 1.165) is 30.8 Å². The van der Waals surface area contributed by atoms with Gasteiger partial charge < -0.3 is 24.7 Å². The average Bonchev–Trinajstić information content (AvgIpc) is 2.53. The van der Waals surface area contributed by atoms with Crippen LogP contribution in [0.5, 0.6) is 5.75 Å². The van der Waals surface area contributed by atoms with Crippen LogP contribution in [0.4, 0.5) is 0 Å². The first kappa shape index (κ1) is 17.9. The molecule has 0 aliphatic carbocycles. The van der Waals surface area contributed by atoms with Gasteiger partial charge in [0.2, 0.25) is 0 Å². The highest BCUT2D eigenvalue weighted by Crippen LogP contribution is 2.11. The Kier molecular flexibility index (Phi) is 10.7. The molecule has 1 aromatic rings. The topological polar surface area (TPSA) is 62.9 Å². The van der Waals surface area contributed by atoms with Crippen molar-refractivity contribution in [2.45, 2.75) is 19.4 Å². The summed E-state index contributed by atoms with van der Waals surface area (Å²) in [5.41, 5.74) is 6.65. The number of rotatable bonds is 13. The summed E-state index contributed by atoms with van der Waals surface area (Å²) in [7, 11) is 1.67. The lowest BCUT2D eigenvalue weighted by Gasteiger charge is -2.08. The van der Waals surface area contributed by atoms with Gasteiger partial charge in [-0.05, 0) is 24.1 Å². The van der Waals surface area contributed by atoms with E-state index < -0.39 is 0 Å². The first-order chi connectivity index (χ1) is 10.4. The van der Waals surface area contributed by atoms with Gasteiger partial charge in [-0.15, -0.1) is 0 Å². The molecule has 1 rings (SSSR count). The van der Waals surface area contributed by atoms with Gasteiger partial charge in [-0.2, -0.15) is 0 Å². The van der Waals surface area contributed by atoms with Gasteiger partial charge in [0.25, 0.3) is 0 Å². The van der Waals surface area contributed by atoms with E-state index >= 15 is 0 Å². The Morgan fingerprint density at radius 2 is 1.43 bits per heavy atom. The average molecular weight is 297 g/mol. The summed E-state index contributed by atoms with van der Waals surface area (Å²) in [5, 5.41) is 0. The van der Waals surface area contributed by atoms with Gasteiger partial charge in [-0.1, -0.05) is 12.1 Å². The molecule has 0 spiro atoms. The van der Waals surface area contributed by atoms with Crippen LogP contribution in [0.15, 0.2) is 24.3 Å². The summed E-state index contributed by atoms with van der Waals surface area (Å²) in [6, 6.07) is 7.85. The van der Waals surface area contributed by atoms with Crippen molar-refractivity contribution in [2.24, 2.45) is 5.73 Å². The first-order valence-electron chi connectivity index (χ1n) is 7.43. The van der Waals surface area contributed by atoms with Crippen LogP contribution >= 0.6 is 0 Å². The molecular formula is C16H27NO4. The molecule has 5 nitrogen and oxygen atoms in total. The first-order valence-corrected chi connectivity index (χ1v) is 7.43. The molecule has 21 heavy (non-hydrogen) atoms. The molecule has 0 heterocycles. The molecular weight excluding hydrogens is 270 g/mol. The van der Waals surface area contributed by atoms with Crippen LogP contribution in [-0.4, -0.2) is 46.8 Å². The summed E-state index contributed by atoms with van der Waals surface area (Å²) in [6.45, 7) is 4.65. The van der Waals surface area contributed by atoms with Gasteiger partial charge >= 0.3 is 0 Å². The van der Waals surface area contributed by atoms with Gasteiger partial charge in [0.05, 0.1) is 19.8 Å². The second-order valence-electron chi connectivity index (χ2n) is 4.62. The van der Waals surface area contributed by atoms with Crippen molar-refractivity contribution in [1.29, 1.82) is 0 Å². The van der Waals surface area contributed by atoms with Gasteiger partial charge in [0.15, 0.2) is 0 Å². The minimum absolute atomic E-state index is 0.559. The number of methoxy groups -OCH3 is 1. The highest BCUT2D eigenvalue weighted by molar-refractivity contribution is 5.26.